The number of pyridine rings is 1. The van der Waals surface area contributed by atoms with Crippen molar-refractivity contribution in [2.75, 3.05) is 5.32 Å². The van der Waals surface area contributed by atoms with E-state index in [0.29, 0.717) is 12.2 Å². The van der Waals surface area contributed by atoms with Crippen LogP contribution in [0.1, 0.15) is 45.1 Å². The number of benzene rings is 1. The van der Waals surface area contributed by atoms with Gasteiger partial charge in [-0.25, -0.2) is 4.98 Å². The number of aromatic nitrogens is 1. The molecular weight excluding hydrogens is 338 g/mol. The third-order valence-corrected chi connectivity index (χ3v) is 6.93. The minimum Gasteiger partial charge on any atom is -0.390 e. The molecule has 27 heavy (non-hydrogen) atoms. The Labute approximate surface area is 158 Å². The lowest BCUT2D eigenvalue weighted by atomic mass is 9.92. The maximum Gasteiger partial charge on any atom is 0.229 e. The lowest BCUT2D eigenvalue weighted by molar-refractivity contribution is -0.118. The van der Waals surface area contributed by atoms with Gasteiger partial charge in [-0.1, -0.05) is 12.1 Å². The van der Waals surface area contributed by atoms with Gasteiger partial charge in [0.15, 0.2) is 0 Å². The van der Waals surface area contributed by atoms with Crippen molar-refractivity contribution >= 4 is 22.5 Å². The summed E-state index contributed by atoms with van der Waals surface area (Å²) in [5.41, 5.74) is 0.171. The zero-order valence-electron chi connectivity index (χ0n) is 15.6. The number of rotatable bonds is 4. The standard InChI is InChI=1S/C22H23N3O2/c1-20(2,27)17-9-16(17)19(26)25-18-8-14-7-15(4-3-13(14)10-24-18)22(12-23)11-21(22)5-6-21/h3-4,7-8,10,16-17,27H,5-6,9,11H2,1-2H3,(H,24,25,26)/t16-,17-,22+/m0/s1. The lowest BCUT2D eigenvalue weighted by Crippen LogP contribution is -2.26. The highest BCUT2D eigenvalue weighted by Crippen LogP contribution is 2.78. The number of nitriles is 1. The molecule has 1 spiro atoms. The highest BCUT2D eigenvalue weighted by molar-refractivity contribution is 5.96. The van der Waals surface area contributed by atoms with Gasteiger partial charge in [0.05, 0.1) is 17.1 Å². The van der Waals surface area contributed by atoms with Crippen LogP contribution in [0.3, 0.4) is 0 Å². The summed E-state index contributed by atoms with van der Waals surface area (Å²) in [5, 5.41) is 24.7. The first-order valence-electron chi connectivity index (χ1n) is 9.63. The van der Waals surface area contributed by atoms with Crippen LogP contribution in [-0.2, 0) is 10.2 Å². The molecule has 3 fully saturated rings. The van der Waals surface area contributed by atoms with E-state index in [1.54, 1.807) is 20.0 Å². The minimum absolute atomic E-state index is 0.00430. The molecule has 3 saturated carbocycles. The topological polar surface area (TPSA) is 86.0 Å². The molecule has 5 nitrogen and oxygen atoms in total. The van der Waals surface area contributed by atoms with E-state index in [-0.39, 0.29) is 28.6 Å². The number of nitrogens with zero attached hydrogens (tertiary/aromatic N) is 2. The van der Waals surface area contributed by atoms with Crippen LogP contribution in [-0.4, -0.2) is 21.6 Å². The first-order chi connectivity index (χ1) is 12.8. The molecule has 1 aromatic heterocycles. The fourth-order valence-electron chi connectivity index (χ4n) is 4.81. The highest BCUT2D eigenvalue weighted by atomic mass is 16.3. The molecule has 2 N–H and O–H groups in total. The zero-order valence-corrected chi connectivity index (χ0v) is 15.6. The second-order valence-corrected chi connectivity index (χ2v) is 9.20. The van der Waals surface area contributed by atoms with Crippen molar-refractivity contribution in [2.45, 2.75) is 50.5 Å². The van der Waals surface area contributed by atoms with E-state index in [0.717, 1.165) is 35.6 Å². The van der Waals surface area contributed by atoms with E-state index in [1.165, 1.54) is 0 Å². The number of hydrogen-bond acceptors (Lipinski definition) is 4. The largest absolute Gasteiger partial charge is 0.390 e. The summed E-state index contributed by atoms with van der Waals surface area (Å²) in [7, 11) is 0. The molecule has 1 heterocycles. The average Bonchev–Trinajstić information content (AvgIpc) is 3.51. The fourth-order valence-corrected chi connectivity index (χ4v) is 4.81. The first kappa shape index (κ1) is 16.7. The van der Waals surface area contributed by atoms with Gasteiger partial charge >= 0.3 is 0 Å². The molecule has 138 valence electrons. The number of carbonyl (C=O) groups is 1. The lowest BCUT2D eigenvalue weighted by Gasteiger charge is -2.16. The van der Waals surface area contributed by atoms with E-state index >= 15 is 0 Å². The molecule has 3 aliphatic carbocycles. The minimum atomic E-state index is -0.831. The Bertz CT molecular complexity index is 1010. The molecule has 0 radical (unpaired) electrons. The van der Waals surface area contributed by atoms with Gasteiger partial charge in [-0.05, 0) is 73.9 Å². The number of amides is 1. The van der Waals surface area contributed by atoms with Gasteiger partial charge in [-0.3, -0.25) is 4.79 Å². The molecule has 0 bridgehead atoms. The maximum absolute atomic E-state index is 12.4. The second-order valence-electron chi connectivity index (χ2n) is 9.20. The second kappa shape index (κ2) is 5.08. The summed E-state index contributed by atoms with van der Waals surface area (Å²) < 4.78 is 0. The van der Waals surface area contributed by atoms with Gasteiger partial charge in [0.25, 0.3) is 0 Å². The highest BCUT2D eigenvalue weighted by Gasteiger charge is 2.75. The fraction of sp³-hybridized carbons (Fsp3) is 0.500. The Morgan fingerprint density at radius 3 is 2.70 bits per heavy atom. The maximum atomic E-state index is 12.4. The van der Waals surface area contributed by atoms with Crippen molar-refractivity contribution in [3.8, 4) is 6.07 Å². The molecule has 5 rings (SSSR count). The van der Waals surface area contributed by atoms with Gasteiger partial charge in [-0.15, -0.1) is 0 Å². The summed E-state index contributed by atoms with van der Waals surface area (Å²) in [5.74, 6) is 0.285. The quantitative estimate of drug-likeness (QED) is 0.872. The first-order valence-corrected chi connectivity index (χ1v) is 9.63. The Kier molecular flexibility index (Phi) is 3.14. The van der Waals surface area contributed by atoms with Gasteiger partial charge in [0.2, 0.25) is 5.91 Å². The molecule has 2 aromatic rings. The summed E-state index contributed by atoms with van der Waals surface area (Å²) in [4.78, 5) is 16.8. The number of carbonyl (C=O) groups excluding carboxylic acids is 1. The Balaban J connectivity index is 1.39. The smallest absolute Gasteiger partial charge is 0.229 e. The molecular formula is C22H23N3O2. The number of fused-ring (bicyclic) bond motifs is 1. The predicted molar refractivity (Wildman–Crippen MR) is 102 cm³/mol. The molecule has 1 aromatic carbocycles. The van der Waals surface area contributed by atoms with Crippen molar-refractivity contribution in [2.24, 2.45) is 17.3 Å². The molecule has 3 atom stereocenters. The monoisotopic (exact) mass is 361 g/mol. The van der Waals surface area contributed by atoms with Gasteiger partial charge in [-0.2, -0.15) is 5.26 Å². The zero-order chi connectivity index (χ0) is 19.0. The number of aliphatic hydroxyl groups is 1. The average molecular weight is 361 g/mol. The molecule has 0 saturated heterocycles. The predicted octanol–water partition coefficient (Wildman–Crippen LogP) is 3.53. The molecule has 0 unspecified atom stereocenters. The van der Waals surface area contributed by atoms with E-state index in [9.17, 15) is 15.2 Å². The summed E-state index contributed by atoms with van der Waals surface area (Å²) >= 11 is 0. The summed E-state index contributed by atoms with van der Waals surface area (Å²) in [6, 6.07) is 10.6. The van der Waals surface area contributed by atoms with Crippen molar-refractivity contribution in [3.05, 3.63) is 36.0 Å². The van der Waals surface area contributed by atoms with Crippen LogP contribution in [0.5, 0.6) is 0 Å². The summed E-state index contributed by atoms with van der Waals surface area (Å²) in [6.07, 6.45) is 5.74. The van der Waals surface area contributed by atoms with Gasteiger partial charge in [0, 0.05) is 17.5 Å². The van der Waals surface area contributed by atoms with Crippen LogP contribution < -0.4 is 5.32 Å². The third kappa shape index (κ3) is 2.47. The Morgan fingerprint density at radius 2 is 2.11 bits per heavy atom. The van der Waals surface area contributed by atoms with E-state index in [1.807, 2.05) is 12.1 Å². The van der Waals surface area contributed by atoms with Crippen molar-refractivity contribution < 1.29 is 9.90 Å². The number of nitrogens with one attached hydrogen (secondary N) is 1. The molecule has 0 aliphatic heterocycles. The van der Waals surface area contributed by atoms with Gasteiger partial charge < -0.3 is 10.4 Å². The molecule has 1 amide bonds. The van der Waals surface area contributed by atoms with E-state index < -0.39 is 5.60 Å². The van der Waals surface area contributed by atoms with Crippen LogP contribution >= 0.6 is 0 Å². The van der Waals surface area contributed by atoms with Crippen LogP contribution in [0.4, 0.5) is 5.82 Å². The van der Waals surface area contributed by atoms with Gasteiger partial charge in [0.1, 0.15) is 5.82 Å². The Hall–Kier alpha value is -2.45. The Morgan fingerprint density at radius 1 is 1.33 bits per heavy atom. The number of hydrogen-bond donors (Lipinski definition) is 2. The van der Waals surface area contributed by atoms with Crippen LogP contribution in [0.25, 0.3) is 10.8 Å². The normalized spacial score (nSPS) is 30.0. The van der Waals surface area contributed by atoms with Crippen molar-refractivity contribution in [1.29, 1.82) is 5.26 Å². The third-order valence-electron chi connectivity index (χ3n) is 6.93. The molecule has 3 aliphatic rings. The van der Waals surface area contributed by atoms with Crippen LogP contribution in [0.2, 0.25) is 0 Å². The van der Waals surface area contributed by atoms with Crippen LogP contribution in [0.15, 0.2) is 30.5 Å². The molecule has 5 heteroatoms. The van der Waals surface area contributed by atoms with Crippen molar-refractivity contribution in [3.63, 3.8) is 0 Å². The SMILES string of the molecule is CC(C)(O)[C@H]1C[C@@H]1C(=O)Nc1cc2cc([C@]3(C#N)CC34CC4)ccc2cn1. The van der Waals surface area contributed by atoms with Crippen molar-refractivity contribution in [1.82, 2.24) is 4.98 Å². The number of anilines is 1. The summed E-state index contributed by atoms with van der Waals surface area (Å²) in [6.45, 7) is 3.49. The van der Waals surface area contributed by atoms with Crippen LogP contribution in [0, 0.1) is 28.6 Å². The van der Waals surface area contributed by atoms with E-state index in [4.69, 9.17) is 0 Å². The van der Waals surface area contributed by atoms with E-state index in [2.05, 4.69) is 28.5 Å².